The molecule has 2 aliphatic rings. The highest BCUT2D eigenvalue weighted by Gasteiger charge is 2.46. The second kappa shape index (κ2) is 2.22. The van der Waals surface area contributed by atoms with E-state index in [1.807, 2.05) is 0 Å². The zero-order valence-corrected chi connectivity index (χ0v) is 7.76. The molecule has 0 spiro atoms. The van der Waals surface area contributed by atoms with Gasteiger partial charge in [0.15, 0.2) is 0 Å². The highest BCUT2D eigenvalue weighted by atomic mass is 16.5. The number of rotatable bonds is 1. The van der Waals surface area contributed by atoms with Crippen LogP contribution >= 0.6 is 0 Å². The zero-order valence-electron chi connectivity index (χ0n) is 7.76. The highest BCUT2D eigenvalue weighted by molar-refractivity contribution is 4.97. The standard InChI is InChI=1S/C10H18O/c1-10(2,3)11-9-5-7-4-8(7)6-9/h7-9H,4-6H2,1-3H3. The quantitative estimate of drug-likeness (QED) is 0.564. The Bertz CT molecular complexity index is 147. The first-order valence-corrected chi connectivity index (χ1v) is 4.72. The van der Waals surface area contributed by atoms with Crippen molar-refractivity contribution in [3.63, 3.8) is 0 Å². The van der Waals surface area contributed by atoms with E-state index in [0.717, 1.165) is 11.8 Å². The van der Waals surface area contributed by atoms with E-state index in [1.54, 1.807) is 0 Å². The largest absolute Gasteiger partial charge is 0.373 e. The van der Waals surface area contributed by atoms with Gasteiger partial charge < -0.3 is 4.74 Å². The first kappa shape index (κ1) is 7.60. The molecule has 0 bridgehead atoms. The predicted molar refractivity (Wildman–Crippen MR) is 45.5 cm³/mol. The Balaban J connectivity index is 1.80. The third-order valence-electron chi connectivity index (χ3n) is 2.72. The predicted octanol–water partition coefficient (Wildman–Crippen LogP) is 2.60. The molecule has 2 rings (SSSR count). The monoisotopic (exact) mass is 154 g/mol. The average Bonchev–Trinajstić information content (AvgIpc) is 2.36. The van der Waals surface area contributed by atoms with Crippen LogP contribution in [0.25, 0.3) is 0 Å². The molecular weight excluding hydrogens is 136 g/mol. The van der Waals surface area contributed by atoms with Crippen LogP contribution in [0.4, 0.5) is 0 Å². The molecule has 2 fully saturated rings. The Kier molecular flexibility index (Phi) is 1.54. The number of hydrogen-bond acceptors (Lipinski definition) is 1. The van der Waals surface area contributed by atoms with Crippen LogP contribution in [0.3, 0.4) is 0 Å². The molecule has 2 atom stereocenters. The maximum atomic E-state index is 5.90. The molecule has 0 aliphatic heterocycles. The van der Waals surface area contributed by atoms with Crippen LogP contribution in [0, 0.1) is 11.8 Å². The van der Waals surface area contributed by atoms with Gasteiger partial charge in [0, 0.05) is 0 Å². The van der Waals surface area contributed by atoms with Crippen molar-refractivity contribution in [3.05, 3.63) is 0 Å². The van der Waals surface area contributed by atoms with Gasteiger partial charge >= 0.3 is 0 Å². The van der Waals surface area contributed by atoms with Gasteiger partial charge in [-0.05, 0) is 51.9 Å². The minimum absolute atomic E-state index is 0.0709. The van der Waals surface area contributed by atoms with Crippen molar-refractivity contribution in [2.24, 2.45) is 11.8 Å². The lowest BCUT2D eigenvalue weighted by Crippen LogP contribution is -2.26. The van der Waals surface area contributed by atoms with Crippen molar-refractivity contribution in [3.8, 4) is 0 Å². The minimum atomic E-state index is 0.0709. The van der Waals surface area contributed by atoms with Crippen molar-refractivity contribution in [2.45, 2.75) is 51.7 Å². The second-order valence-electron chi connectivity index (χ2n) is 5.08. The molecule has 11 heavy (non-hydrogen) atoms. The molecular formula is C10H18O. The van der Waals surface area contributed by atoms with E-state index in [2.05, 4.69) is 20.8 Å². The van der Waals surface area contributed by atoms with Gasteiger partial charge in [-0.2, -0.15) is 0 Å². The molecule has 0 amide bonds. The fourth-order valence-electron chi connectivity index (χ4n) is 2.26. The maximum Gasteiger partial charge on any atom is 0.0602 e. The molecule has 0 radical (unpaired) electrons. The van der Waals surface area contributed by atoms with E-state index in [9.17, 15) is 0 Å². The summed E-state index contributed by atoms with van der Waals surface area (Å²) in [6.07, 6.45) is 4.74. The molecule has 1 nitrogen and oxygen atoms in total. The summed E-state index contributed by atoms with van der Waals surface area (Å²) in [5.74, 6) is 2.09. The third-order valence-corrected chi connectivity index (χ3v) is 2.72. The topological polar surface area (TPSA) is 9.23 Å². The smallest absolute Gasteiger partial charge is 0.0602 e. The Labute approximate surface area is 69.1 Å². The van der Waals surface area contributed by atoms with Gasteiger partial charge in [-0.3, -0.25) is 0 Å². The molecule has 1 heteroatoms. The van der Waals surface area contributed by atoms with E-state index in [4.69, 9.17) is 4.74 Å². The van der Waals surface area contributed by atoms with Gasteiger partial charge in [-0.15, -0.1) is 0 Å². The Morgan fingerprint density at radius 2 is 1.55 bits per heavy atom. The van der Waals surface area contributed by atoms with Gasteiger partial charge in [0.25, 0.3) is 0 Å². The summed E-state index contributed by atoms with van der Waals surface area (Å²) in [7, 11) is 0. The van der Waals surface area contributed by atoms with E-state index in [0.29, 0.717) is 6.10 Å². The molecule has 0 aromatic rings. The van der Waals surface area contributed by atoms with Gasteiger partial charge in [-0.1, -0.05) is 0 Å². The van der Waals surface area contributed by atoms with Crippen molar-refractivity contribution < 1.29 is 4.74 Å². The maximum absolute atomic E-state index is 5.90. The fourth-order valence-corrected chi connectivity index (χ4v) is 2.26. The van der Waals surface area contributed by atoms with Gasteiger partial charge in [0.1, 0.15) is 0 Å². The van der Waals surface area contributed by atoms with E-state index in [1.165, 1.54) is 19.3 Å². The summed E-state index contributed by atoms with van der Waals surface area (Å²) in [6, 6.07) is 0. The first-order valence-electron chi connectivity index (χ1n) is 4.72. The van der Waals surface area contributed by atoms with E-state index < -0.39 is 0 Å². The Morgan fingerprint density at radius 1 is 1.00 bits per heavy atom. The fraction of sp³-hybridized carbons (Fsp3) is 1.00. The lowest BCUT2D eigenvalue weighted by Gasteiger charge is -2.25. The van der Waals surface area contributed by atoms with E-state index >= 15 is 0 Å². The Hall–Kier alpha value is -0.0400. The van der Waals surface area contributed by atoms with E-state index in [-0.39, 0.29) is 5.60 Å². The van der Waals surface area contributed by atoms with Crippen LogP contribution in [0.1, 0.15) is 40.0 Å². The molecule has 0 aromatic heterocycles. The summed E-state index contributed by atoms with van der Waals surface area (Å²) in [5.41, 5.74) is 0.0709. The van der Waals surface area contributed by atoms with Crippen molar-refractivity contribution in [1.29, 1.82) is 0 Å². The summed E-state index contributed by atoms with van der Waals surface area (Å²) < 4.78 is 5.90. The summed E-state index contributed by atoms with van der Waals surface area (Å²) in [5, 5.41) is 0. The molecule has 64 valence electrons. The molecule has 2 saturated carbocycles. The molecule has 2 unspecified atom stereocenters. The van der Waals surface area contributed by atoms with Gasteiger partial charge in [-0.25, -0.2) is 0 Å². The minimum Gasteiger partial charge on any atom is -0.373 e. The number of fused-ring (bicyclic) bond motifs is 1. The van der Waals surface area contributed by atoms with Crippen LogP contribution in [-0.4, -0.2) is 11.7 Å². The van der Waals surface area contributed by atoms with Crippen molar-refractivity contribution >= 4 is 0 Å². The lowest BCUT2D eigenvalue weighted by atomic mass is 10.1. The molecule has 0 aromatic carbocycles. The Morgan fingerprint density at radius 3 is 2.00 bits per heavy atom. The number of hydrogen-bond donors (Lipinski definition) is 0. The average molecular weight is 154 g/mol. The second-order valence-corrected chi connectivity index (χ2v) is 5.08. The zero-order chi connectivity index (χ0) is 8.06. The van der Waals surface area contributed by atoms with Gasteiger partial charge in [0.2, 0.25) is 0 Å². The van der Waals surface area contributed by atoms with Gasteiger partial charge in [0.05, 0.1) is 11.7 Å². The normalized spacial score (nSPS) is 42.3. The van der Waals surface area contributed by atoms with Crippen molar-refractivity contribution in [1.82, 2.24) is 0 Å². The van der Waals surface area contributed by atoms with Crippen molar-refractivity contribution in [2.75, 3.05) is 0 Å². The molecule has 0 heterocycles. The molecule has 0 saturated heterocycles. The van der Waals surface area contributed by atoms with Crippen LogP contribution in [0.15, 0.2) is 0 Å². The summed E-state index contributed by atoms with van der Waals surface area (Å²) in [4.78, 5) is 0. The highest BCUT2D eigenvalue weighted by Crippen LogP contribution is 2.53. The summed E-state index contributed by atoms with van der Waals surface area (Å²) in [6.45, 7) is 6.45. The molecule has 0 N–H and O–H groups in total. The SMILES string of the molecule is CC(C)(C)OC1CC2CC2C1. The molecule has 2 aliphatic carbocycles. The van der Waals surface area contributed by atoms with Crippen LogP contribution in [0.2, 0.25) is 0 Å². The van der Waals surface area contributed by atoms with Crippen LogP contribution in [-0.2, 0) is 4.74 Å². The van der Waals surface area contributed by atoms with Crippen LogP contribution in [0.5, 0.6) is 0 Å². The number of ether oxygens (including phenoxy) is 1. The van der Waals surface area contributed by atoms with Crippen LogP contribution < -0.4 is 0 Å². The third kappa shape index (κ3) is 1.76. The lowest BCUT2D eigenvalue weighted by molar-refractivity contribution is -0.0607. The summed E-state index contributed by atoms with van der Waals surface area (Å²) >= 11 is 0. The first-order chi connectivity index (χ1) is 5.04.